The fourth-order valence-electron chi connectivity index (χ4n) is 2.09. The Bertz CT molecular complexity index is 363. The van der Waals surface area contributed by atoms with E-state index < -0.39 is 0 Å². The van der Waals surface area contributed by atoms with E-state index in [4.69, 9.17) is 5.73 Å². The third kappa shape index (κ3) is 5.35. The van der Waals surface area contributed by atoms with Gasteiger partial charge >= 0.3 is 0 Å². The van der Waals surface area contributed by atoms with Crippen molar-refractivity contribution in [3.8, 4) is 0 Å². The highest BCUT2D eigenvalue weighted by Gasteiger charge is 2.10. The lowest BCUT2D eigenvalue weighted by atomic mass is 10.2. The van der Waals surface area contributed by atoms with Crippen LogP contribution in [-0.2, 0) is 6.54 Å². The number of nitrogens with one attached hydrogen (secondary N) is 1. The predicted molar refractivity (Wildman–Crippen MR) is 87.0 cm³/mol. The van der Waals surface area contributed by atoms with Gasteiger partial charge in [-0.3, -0.25) is 0 Å². The number of hydrogen-bond acceptors (Lipinski definition) is 4. The Balaban J connectivity index is 2.32. The first-order valence-electron chi connectivity index (χ1n) is 7.26. The van der Waals surface area contributed by atoms with Gasteiger partial charge < -0.3 is 11.1 Å². The number of nitrogens with zero attached hydrogens (tertiary/aromatic N) is 2. The molecule has 0 saturated heterocycles. The van der Waals surface area contributed by atoms with Crippen LogP contribution in [0.25, 0.3) is 0 Å². The summed E-state index contributed by atoms with van der Waals surface area (Å²) < 4.78 is 2.00. The van der Waals surface area contributed by atoms with E-state index in [9.17, 15) is 0 Å². The first-order valence-corrected chi connectivity index (χ1v) is 8.65. The molecule has 1 heterocycles. The molecule has 0 fully saturated rings. The molecule has 5 heteroatoms. The van der Waals surface area contributed by atoms with Crippen molar-refractivity contribution in [3.63, 3.8) is 0 Å². The van der Waals surface area contributed by atoms with E-state index in [2.05, 4.69) is 23.6 Å². The molecular weight excluding hydrogens is 256 g/mol. The number of aromatic nitrogens is 2. The number of anilines is 2. The number of hydrogen-bond donors (Lipinski definition) is 2. The summed E-state index contributed by atoms with van der Waals surface area (Å²) in [6.45, 7) is 6.03. The second-order valence-electron chi connectivity index (χ2n) is 4.90. The smallest absolute Gasteiger partial charge is 0.148 e. The van der Waals surface area contributed by atoms with Crippen LogP contribution in [-0.4, -0.2) is 28.3 Å². The Labute approximate surface area is 121 Å². The van der Waals surface area contributed by atoms with E-state index in [1.165, 1.54) is 31.4 Å². The zero-order valence-corrected chi connectivity index (χ0v) is 13.4. The molecule has 1 rings (SSSR count). The molecule has 1 aromatic heterocycles. The number of aryl methyl sites for hydroxylation is 2. The fraction of sp³-hybridized carbons (Fsp3) is 0.786. The molecule has 0 aliphatic rings. The zero-order chi connectivity index (χ0) is 14.1. The summed E-state index contributed by atoms with van der Waals surface area (Å²) in [5, 5.41) is 7.91. The van der Waals surface area contributed by atoms with Crippen LogP contribution in [0.15, 0.2) is 0 Å². The first kappa shape index (κ1) is 16.2. The van der Waals surface area contributed by atoms with Crippen molar-refractivity contribution in [1.82, 2.24) is 9.78 Å². The zero-order valence-electron chi connectivity index (χ0n) is 12.5. The first-order chi connectivity index (χ1) is 9.20. The van der Waals surface area contributed by atoms with E-state index in [1.54, 1.807) is 0 Å². The number of nitrogen functional groups attached to an aromatic ring is 1. The molecule has 4 nitrogen and oxygen atoms in total. The summed E-state index contributed by atoms with van der Waals surface area (Å²) in [6, 6.07) is 0. The summed E-state index contributed by atoms with van der Waals surface area (Å²) in [5.74, 6) is 2.28. The van der Waals surface area contributed by atoms with E-state index in [-0.39, 0.29) is 0 Å². The van der Waals surface area contributed by atoms with E-state index in [0.717, 1.165) is 36.7 Å². The van der Waals surface area contributed by atoms with Crippen molar-refractivity contribution in [1.29, 1.82) is 0 Å². The molecule has 1 aromatic rings. The van der Waals surface area contributed by atoms with Gasteiger partial charge in [0.1, 0.15) is 5.82 Å². The average molecular weight is 284 g/mol. The Morgan fingerprint density at radius 1 is 1.26 bits per heavy atom. The highest BCUT2D eigenvalue weighted by Crippen LogP contribution is 2.22. The maximum atomic E-state index is 6.07. The molecule has 0 bridgehead atoms. The fourth-order valence-corrected chi connectivity index (χ4v) is 2.58. The van der Waals surface area contributed by atoms with Crippen molar-refractivity contribution in [3.05, 3.63) is 5.69 Å². The minimum absolute atomic E-state index is 0.802. The predicted octanol–water partition coefficient (Wildman–Crippen LogP) is 3.52. The minimum Gasteiger partial charge on any atom is -0.394 e. The number of thioether (sulfide) groups is 1. The molecule has 0 aromatic carbocycles. The lowest BCUT2D eigenvalue weighted by Gasteiger charge is -2.10. The third-order valence-electron chi connectivity index (χ3n) is 3.18. The quantitative estimate of drug-likeness (QED) is 0.645. The molecule has 0 radical (unpaired) electrons. The van der Waals surface area contributed by atoms with Crippen LogP contribution in [0, 0.1) is 6.92 Å². The maximum Gasteiger partial charge on any atom is 0.148 e. The largest absolute Gasteiger partial charge is 0.394 e. The molecule has 0 aliphatic carbocycles. The molecule has 0 spiro atoms. The van der Waals surface area contributed by atoms with Crippen LogP contribution in [0.2, 0.25) is 0 Å². The minimum atomic E-state index is 0.802. The topological polar surface area (TPSA) is 55.9 Å². The third-order valence-corrected chi connectivity index (χ3v) is 3.87. The van der Waals surface area contributed by atoms with E-state index >= 15 is 0 Å². The molecule has 110 valence electrons. The van der Waals surface area contributed by atoms with Gasteiger partial charge in [-0.05, 0) is 38.2 Å². The van der Waals surface area contributed by atoms with Crippen LogP contribution in [0.3, 0.4) is 0 Å². The highest BCUT2D eigenvalue weighted by molar-refractivity contribution is 7.98. The van der Waals surface area contributed by atoms with Crippen LogP contribution >= 0.6 is 11.8 Å². The summed E-state index contributed by atoms with van der Waals surface area (Å²) in [5.41, 5.74) is 7.79. The standard InChI is InChI=1S/C14H28N4S/c1-4-10-18-14(13(15)12(2)17-18)16-9-7-5-6-8-11-19-3/h16H,4-11,15H2,1-3H3. The van der Waals surface area contributed by atoms with Crippen LogP contribution < -0.4 is 11.1 Å². The van der Waals surface area contributed by atoms with Crippen molar-refractivity contribution in [2.24, 2.45) is 0 Å². The van der Waals surface area contributed by atoms with Gasteiger partial charge in [0.25, 0.3) is 0 Å². The Kier molecular flexibility index (Phi) is 7.79. The number of rotatable bonds is 10. The molecule has 0 aliphatic heterocycles. The summed E-state index contributed by atoms with van der Waals surface area (Å²) in [7, 11) is 0. The monoisotopic (exact) mass is 284 g/mol. The normalized spacial score (nSPS) is 10.9. The van der Waals surface area contributed by atoms with Crippen molar-refractivity contribution < 1.29 is 0 Å². The van der Waals surface area contributed by atoms with Gasteiger partial charge in [0, 0.05) is 13.1 Å². The molecule has 19 heavy (non-hydrogen) atoms. The molecule has 0 amide bonds. The van der Waals surface area contributed by atoms with Crippen molar-refractivity contribution in [2.75, 3.05) is 29.6 Å². The molecule has 0 atom stereocenters. The second-order valence-corrected chi connectivity index (χ2v) is 5.89. The second kappa shape index (κ2) is 9.13. The molecule has 3 N–H and O–H groups in total. The average Bonchev–Trinajstić information content (AvgIpc) is 2.65. The Morgan fingerprint density at radius 2 is 2.00 bits per heavy atom. The lowest BCUT2D eigenvalue weighted by Crippen LogP contribution is -2.10. The lowest BCUT2D eigenvalue weighted by molar-refractivity contribution is 0.600. The van der Waals surface area contributed by atoms with Crippen LogP contribution in [0.4, 0.5) is 11.5 Å². The SMILES string of the molecule is CCCn1nc(C)c(N)c1NCCCCCCSC. The maximum absolute atomic E-state index is 6.07. The van der Waals surface area contributed by atoms with E-state index in [0.29, 0.717) is 0 Å². The Hall–Kier alpha value is -0.840. The van der Waals surface area contributed by atoms with Gasteiger partial charge in [-0.25, -0.2) is 4.68 Å². The summed E-state index contributed by atoms with van der Waals surface area (Å²) in [4.78, 5) is 0. The Morgan fingerprint density at radius 3 is 2.68 bits per heavy atom. The molecular formula is C14H28N4S. The van der Waals surface area contributed by atoms with Crippen LogP contribution in [0.5, 0.6) is 0 Å². The van der Waals surface area contributed by atoms with Crippen molar-refractivity contribution in [2.45, 2.75) is 52.5 Å². The van der Waals surface area contributed by atoms with Gasteiger partial charge in [0.15, 0.2) is 0 Å². The molecule has 0 unspecified atom stereocenters. The van der Waals surface area contributed by atoms with Gasteiger partial charge in [0.05, 0.1) is 11.4 Å². The summed E-state index contributed by atoms with van der Waals surface area (Å²) >= 11 is 1.93. The van der Waals surface area contributed by atoms with Gasteiger partial charge in [-0.15, -0.1) is 0 Å². The van der Waals surface area contributed by atoms with Crippen molar-refractivity contribution >= 4 is 23.3 Å². The van der Waals surface area contributed by atoms with Gasteiger partial charge in [-0.1, -0.05) is 19.8 Å². The highest BCUT2D eigenvalue weighted by atomic mass is 32.2. The van der Waals surface area contributed by atoms with Crippen LogP contribution in [0.1, 0.15) is 44.7 Å². The van der Waals surface area contributed by atoms with Gasteiger partial charge in [0.2, 0.25) is 0 Å². The van der Waals surface area contributed by atoms with Gasteiger partial charge in [-0.2, -0.15) is 16.9 Å². The van der Waals surface area contributed by atoms with E-state index in [1.807, 2.05) is 23.4 Å². The number of unbranched alkanes of at least 4 members (excludes halogenated alkanes) is 3. The summed E-state index contributed by atoms with van der Waals surface area (Å²) in [6.07, 6.45) is 8.38. The number of nitrogens with two attached hydrogens (primary N) is 1. The molecule has 0 saturated carbocycles.